The fraction of sp³-hybridized carbons (Fsp3) is 0.789. The Morgan fingerprint density at radius 1 is 1.31 bits per heavy atom. The lowest BCUT2D eigenvalue weighted by Crippen LogP contribution is -2.43. The van der Waals surface area contributed by atoms with Crippen LogP contribution in [0.1, 0.15) is 42.8 Å². The number of halogens is 3. The van der Waals surface area contributed by atoms with Gasteiger partial charge in [-0.2, -0.15) is 13.2 Å². The van der Waals surface area contributed by atoms with Crippen molar-refractivity contribution in [3.63, 3.8) is 0 Å². The first-order chi connectivity index (χ1) is 13.7. The van der Waals surface area contributed by atoms with Gasteiger partial charge in [-0.25, -0.2) is 9.78 Å². The van der Waals surface area contributed by atoms with E-state index in [0.717, 1.165) is 45.1 Å². The number of carbonyl (C=O) groups is 1. The zero-order valence-electron chi connectivity index (χ0n) is 16.4. The minimum absolute atomic E-state index is 0.321. The highest BCUT2D eigenvalue weighted by Crippen LogP contribution is 2.33. The van der Waals surface area contributed by atoms with Gasteiger partial charge in [0, 0.05) is 31.1 Å². The van der Waals surface area contributed by atoms with Gasteiger partial charge in [0.1, 0.15) is 0 Å². The molecule has 0 unspecified atom stereocenters. The van der Waals surface area contributed by atoms with Crippen LogP contribution in [0.5, 0.6) is 0 Å². The second-order valence-electron chi connectivity index (χ2n) is 7.84. The Morgan fingerprint density at radius 2 is 2.03 bits per heavy atom. The SMILES string of the molecule is Cc1nc(CN2CC[C@@H]3O[C@@H](COCC4CC4)CC[C@@H]32)cs1.O=C(O)C(F)(F)F. The average Bonchev–Trinajstić information content (AvgIpc) is 3.26. The van der Waals surface area contributed by atoms with Gasteiger partial charge in [-0.1, -0.05) is 0 Å². The van der Waals surface area contributed by atoms with Crippen molar-refractivity contribution in [3.05, 3.63) is 16.1 Å². The smallest absolute Gasteiger partial charge is 0.475 e. The molecule has 3 aliphatic rings. The number of nitrogens with zero attached hydrogens (tertiary/aromatic N) is 2. The van der Waals surface area contributed by atoms with Gasteiger partial charge < -0.3 is 14.6 Å². The first-order valence-electron chi connectivity index (χ1n) is 9.90. The Labute approximate surface area is 172 Å². The molecule has 2 aliphatic heterocycles. The van der Waals surface area contributed by atoms with E-state index in [1.165, 1.54) is 30.0 Å². The predicted molar refractivity (Wildman–Crippen MR) is 101 cm³/mol. The lowest BCUT2D eigenvalue weighted by atomic mass is 9.99. The Kier molecular flexibility index (Phi) is 7.53. The predicted octanol–water partition coefficient (Wildman–Crippen LogP) is 3.63. The number of carboxylic acid groups (broad SMARTS) is 1. The van der Waals surface area contributed by atoms with Crippen LogP contribution in [0.2, 0.25) is 0 Å². The molecule has 0 aromatic carbocycles. The third kappa shape index (κ3) is 6.91. The van der Waals surface area contributed by atoms with Gasteiger partial charge in [0.2, 0.25) is 0 Å². The number of fused-ring (bicyclic) bond motifs is 1. The summed E-state index contributed by atoms with van der Waals surface area (Å²) in [6.07, 6.45) is 1.91. The van der Waals surface area contributed by atoms with Crippen molar-refractivity contribution in [1.82, 2.24) is 9.88 Å². The minimum Gasteiger partial charge on any atom is -0.475 e. The van der Waals surface area contributed by atoms with Crippen LogP contribution in [0, 0.1) is 12.8 Å². The standard InChI is InChI=1S/C17H26N2O2S.C2HF3O2/c1-12-18-14(11-22-12)8-19-7-6-17-16(19)5-4-15(21-17)10-20-9-13-2-3-13;3-2(4,5)1(6)7/h11,13,15-17H,2-10H2,1H3;(H,6,7)/t15-,16+,17+;/m1./s1. The number of hydrogen-bond donors (Lipinski definition) is 1. The molecule has 0 spiro atoms. The van der Waals surface area contributed by atoms with E-state index in [1.54, 1.807) is 11.3 Å². The summed E-state index contributed by atoms with van der Waals surface area (Å²) in [7, 11) is 0. The van der Waals surface area contributed by atoms with Crippen LogP contribution in [0.25, 0.3) is 0 Å². The van der Waals surface area contributed by atoms with Crippen LogP contribution in [0.3, 0.4) is 0 Å². The molecule has 0 bridgehead atoms. The molecule has 3 atom stereocenters. The van der Waals surface area contributed by atoms with E-state index < -0.39 is 12.1 Å². The quantitative estimate of drug-likeness (QED) is 0.734. The van der Waals surface area contributed by atoms with Crippen molar-refractivity contribution < 1.29 is 32.5 Å². The van der Waals surface area contributed by atoms with Crippen LogP contribution < -0.4 is 0 Å². The molecular weight excluding hydrogens is 409 g/mol. The number of likely N-dealkylation sites (tertiary alicyclic amines) is 1. The fourth-order valence-corrected chi connectivity index (χ4v) is 4.35. The number of aromatic nitrogens is 1. The number of carboxylic acids is 1. The van der Waals surface area contributed by atoms with Crippen molar-refractivity contribution in [1.29, 1.82) is 0 Å². The summed E-state index contributed by atoms with van der Waals surface area (Å²) in [5.74, 6) is -1.91. The zero-order valence-corrected chi connectivity index (χ0v) is 17.2. The number of aryl methyl sites for hydroxylation is 1. The first kappa shape index (κ1) is 22.5. The van der Waals surface area contributed by atoms with Crippen LogP contribution in [-0.2, 0) is 20.8 Å². The van der Waals surface area contributed by atoms with E-state index in [4.69, 9.17) is 19.4 Å². The van der Waals surface area contributed by atoms with Gasteiger partial charge >= 0.3 is 12.1 Å². The van der Waals surface area contributed by atoms with Crippen LogP contribution in [-0.4, -0.2) is 65.1 Å². The van der Waals surface area contributed by atoms with Crippen LogP contribution in [0.15, 0.2) is 5.38 Å². The van der Waals surface area contributed by atoms with E-state index in [2.05, 4.69) is 22.2 Å². The Bertz CT molecular complexity index is 681. The molecule has 164 valence electrons. The molecule has 1 aromatic heterocycles. The number of aliphatic carboxylic acids is 1. The molecule has 1 saturated carbocycles. The highest BCUT2D eigenvalue weighted by molar-refractivity contribution is 7.09. The Hall–Kier alpha value is -1.23. The summed E-state index contributed by atoms with van der Waals surface area (Å²) in [4.78, 5) is 16.1. The van der Waals surface area contributed by atoms with Gasteiger partial charge in [0.25, 0.3) is 0 Å². The van der Waals surface area contributed by atoms with E-state index >= 15 is 0 Å². The highest BCUT2D eigenvalue weighted by Gasteiger charge is 2.40. The normalized spacial score (nSPS) is 27.2. The second-order valence-corrected chi connectivity index (χ2v) is 8.90. The molecule has 3 fully saturated rings. The Morgan fingerprint density at radius 3 is 2.62 bits per heavy atom. The van der Waals surface area contributed by atoms with E-state index in [0.29, 0.717) is 18.2 Å². The molecule has 1 aliphatic carbocycles. The lowest BCUT2D eigenvalue weighted by Gasteiger charge is -2.35. The van der Waals surface area contributed by atoms with E-state index in [9.17, 15) is 13.2 Å². The third-order valence-electron chi connectivity index (χ3n) is 5.38. The van der Waals surface area contributed by atoms with Crippen LogP contribution >= 0.6 is 11.3 Å². The van der Waals surface area contributed by atoms with Gasteiger partial charge in [0.05, 0.1) is 29.5 Å². The molecule has 1 aromatic rings. The zero-order chi connectivity index (χ0) is 21.0. The van der Waals surface area contributed by atoms with Gasteiger partial charge in [-0.3, -0.25) is 4.90 Å². The summed E-state index contributed by atoms with van der Waals surface area (Å²) in [6.45, 7) is 5.95. The van der Waals surface area contributed by atoms with Crippen molar-refractivity contribution in [2.24, 2.45) is 5.92 Å². The lowest BCUT2D eigenvalue weighted by molar-refractivity contribution is -0.192. The molecular formula is C19H27F3N2O4S. The van der Waals surface area contributed by atoms with Gasteiger partial charge in [-0.05, 0) is 44.9 Å². The molecule has 3 heterocycles. The van der Waals surface area contributed by atoms with E-state index in [-0.39, 0.29) is 0 Å². The monoisotopic (exact) mass is 436 g/mol. The molecule has 4 rings (SSSR count). The van der Waals surface area contributed by atoms with Crippen molar-refractivity contribution in [2.45, 2.75) is 70.0 Å². The van der Waals surface area contributed by atoms with Crippen LogP contribution in [0.4, 0.5) is 13.2 Å². The summed E-state index contributed by atoms with van der Waals surface area (Å²) in [5, 5.41) is 10.5. The van der Waals surface area contributed by atoms with Crippen molar-refractivity contribution in [3.8, 4) is 0 Å². The summed E-state index contributed by atoms with van der Waals surface area (Å²) in [6, 6.07) is 0.585. The van der Waals surface area contributed by atoms with E-state index in [1.807, 2.05) is 0 Å². The molecule has 29 heavy (non-hydrogen) atoms. The maximum Gasteiger partial charge on any atom is 0.490 e. The average molecular weight is 436 g/mol. The van der Waals surface area contributed by atoms with Crippen molar-refractivity contribution >= 4 is 17.3 Å². The second kappa shape index (κ2) is 9.72. The molecule has 0 amide bonds. The molecule has 6 nitrogen and oxygen atoms in total. The van der Waals surface area contributed by atoms with Crippen molar-refractivity contribution in [2.75, 3.05) is 19.8 Å². The minimum atomic E-state index is -5.08. The summed E-state index contributed by atoms with van der Waals surface area (Å²) in [5.41, 5.74) is 1.22. The largest absolute Gasteiger partial charge is 0.490 e. The number of rotatable bonds is 6. The van der Waals surface area contributed by atoms with Gasteiger partial charge in [-0.15, -0.1) is 11.3 Å². The maximum atomic E-state index is 10.6. The van der Waals surface area contributed by atoms with Gasteiger partial charge in [0.15, 0.2) is 0 Å². The number of hydrogen-bond acceptors (Lipinski definition) is 6. The molecule has 10 heteroatoms. The summed E-state index contributed by atoms with van der Waals surface area (Å²) < 4.78 is 43.9. The third-order valence-corrected chi connectivity index (χ3v) is 6.20. The topological polar surface area (TPSA) is 71.9 Å². The first-order valence-corrected chi connectivity index (χ1v) is 10.8. The number of ether oxygens (including phenoxy) is 2. The number of thiazole rings is 1. The Balaban J connectivity index is 0.000000298. The number of alkyl halides is 3. The molecule has 1 N–H and O–H groups in total. The molecule has 2 saturated heterocycles. The fourth-order valence-electron chi connectivity index (χ4n) is 3.74. The summed E-state index contributed by atoms with van der Waals surface area (Å²) >= 11 is 1.75. The molecule has 0 radical (unpaired) electrons. The highest BCUT2D eigenvalue weighted by atomic mass is 32.1. The maximum absolute atomic E-state index is 10.6.